The fourth-order valence-electron chi connectivity index (χ4n) is 3.29. The Bertz CT molecular complexity index is 851. The fraction of sp³-hybridized carbons (Fsp3) is 0.368. The zero-order valence-electron chi connectivity index (χ0n) is 14.7. The molecule has 0 spiro atoms. The Hall–Kier alpha value is -1.60. The van der Waals surface area contributed by atoms with E-state index in [4.69, 9.17) is 16.3 Å². The molecule has 140 valence electrons. The zero-order valence-corrected chi connectivity index (χ0v) is 16.3. The van der Waals surface area contributed by atoms with Crippen LogP contribution < -0.4 is 9.46 Å². The maximum Gasteiger partial charge on any atom is 0.242 e. The van der Waals surface area contributed by atoms with Gasteiger partial charge in [0.2, 0.25) is 10.0 Å². The maximum absolute atomic E-state index is 12.7. The second kappa shape index (κ2) is 8.39. The normalized spacial score (nSPS) is 16.5. The van der Waals surface area contributed by atoms with E-state index in [0.717, 1.165) is 37.2 Å². The van der Waals surface area contributed by atoms with Crippen LogP contribution in [-0.4, -0.2) is 40.1 Å². The van der Waals surface area contributed by atoms with E-state index < -0.39 is 10.0 Å². The Kier molecular flexibility index (Phi) is 6.19. The van der Waals surface area contributed by atoms with Crippen LogP contribution in [0.15, 0.2) is 53.4 Å². The van der Waals surface area contributed by atoms with Crippen LogP contribution in [0.3, 0.4) is 0 Å². The summed E-state index contributed by atoms with van der Waals surface area (Å²) < 4.78 is 33.4. The third-order valence-electron chi connectivity index (χ3n) is 4.65. The Labute approximate surface area is 160 Å². The second-order valence-electron chi connectivity index (χ2n) is 6.32. The predicted octanol–water partition coefficient (Wildman–Crippen LogP) is 3.46. The molecule has 0 saturated carbocycles. The number of benzene rings is 2. The first kappa shape index (κ1) is 19.2. The summed E-state index contributed by atoms with van der Waals surface area (Å²) in [5.74, 6) is 0.764. The van der Waals surface area contributed by atoms with Gasteiger partial charge in [-0.15, -0.1) is 0 Å². The van der Waals surface area contributed by atoms with Crippen LogP contribution in [0.5, 0.6) is 5.75 Å². The number of hydrogen-bond acceptors (Lipinski definition) is 4. The average molecular weight is 395 g/mol. The summed E-state index contributed by atoms with van der Waals surface area (Å²) in [6.07, 6.45) is 2.25. The molecule has 1 unspecified atom stereocenters. The van der Waals surface area contributed by atoms with Crippen molar-refractivity contribution in [2.24, 2.45) is 0 Å². The van der Waals surface area contributed by atoms with Crippen LogP contribution >= 0.6 is 11.6 Å². The lowest BCUT2D eigenvalue weighted by molar-refractivity contribution is 0.246. The number of rotatable bonds is 7. The quantitative estimate of drug-likeness (QED) is 0.781. The van der Waals surface area contributed by atoms with Crippen molar-refractivity contribution < 1.29 is 13.2 Å². The number of halogens is 1. The Balaban J connectivity index is 1.83. The van der Waals surface area contributed by atoms with Crippen molar-refractivity contribution in [3.63, 3.8) is 0 Å². The summed E-state index contributed by atoms with van der Waals surface area (Å²) >= 11 is 6.06. The van der Waals surface area contributed by atoms with E-state index in [-0.39, 0.29) is 22.5 Å². The first-order valence-corrected chi connectivity index (χ1v) is 10.5. The molecule has 5 nitrogen and oxygen atoms in total. The first-order chi connectivity index (χ1) is 12.5. The van der Waals surface area contributed by atoms with E-state index in [1.54, 1.807) is 25.3 Å². The van der Waals surface area contributed by atoms with E-state index in [1.165, 1.54) is 6.07 Å². The molecule has 1 N–H and O–H groups in total. The lowest BCUT2D eigenvalue weighted by Crippen LogP contribution is -2.36. The van der Waals surface area contributed by atoms with Gasteiger partial charge in [0, 0.05) is 12.6 Å². The van der Waals surface area contributed by atoms with Crippen LogP contribution in [0.4, 0.5) is 0 Å². The van der Waals surface area contributed by atoms with Gasteiger partial charge in [-0.1, -0.05) is 35.9 Å². The summed E-state index contributed by atoms with van der Waals surface area (Å²) in [6.45, 7) is 2.19. The number of hydrogen-bond donors (Lipinski definition) is 1. The molecule has 0 amide bonds. The topological polar surface area (TPSA) is 58.6 Å². The zero-order chi connectivity index (χ0) is 18.6. The molecule has 1 fully saturated rings. The van der Waals surface area contributed by atoms with Crippen LogP contribution in [-0.2, 0) is 10.0 Å². The van der Waals surface area contributed by atoms with Gasteiger partial charge in [-0.05, 0) is 55.8 Å². The minimum atomic E-state index is -3.68. The standard InChI is InChI=1S/C19H23ClN2O3S/c1-25-16-8-6-7-15(13-16)18(22-11-4-5-12-22)14-21-26(23,24)19-10-3-2-9-17(19)20/h2-3,6-10,13,18,21H,4-5,11-12,14H2,1H3. The van der Waals surface area contributed by atoms with Gasteiger partial charge in [-0.3, -0.25) is 4.90 Å². The molecular weight excluding hydrogens is 372 g/mol. The number of sulfonamides is 1. The molecule has 2 aromatic rings. The van der Waals surface area contributed by atoms with Crippen molar-refractivity contribution in [3.8, 4) is 5.75 Å². The molecule has 7 heteroatoms. The minimum Gasteiger partial charge on any atom is -0.497 e. The van der Waals surface area contributed by atoms with Crippen molar-refractivity contribution in [1.82, 2.24) is 9.62 Å². The third kappa shape index (κ3) is 4.38. The Morgan fingerprint density at radius 1 is 1.15 bits per heavy atom. The van der Waals surface area contributed by atoms with Gasteiger partial charge >= 0.3 is 0 Å². The summed E-state index contributed by atoms with van der Waals surface area (Å²) in [4.78, 5) is 2.41. The number of methoxy groups -OCH3 is 1. The SMILES string of the molecule is COc1cccc(C(CNS(=O)(=O)c2ccccc2Cl)N2CCCC2)c1. The average Bonchev–Trinajstić information content (AvgIpc) is 3.16. The van der Waals surface area contributed by atoms with Gasteiger partial charge in [0.1, 0.15) is 10.6 Å². The Morgan fingerprint density at radius 3 is 2.58 bits per heavy atom. The molecular formula is C19H23ClN2O3S. The van der Waals surface area contributed by atoms with Gasteiger partial charge in [-0.25, -0.2) is 13.1 Å². The summed E-state index contributed by atoms with van der Waals surface area (Å²) in [6, 6.07) is 14.2. The van der Waals surface area contributed by atoms with Gasteiger partial charge < -0.3 is 4.74 Å². The highest BCUT2D eigenvalue weighted by atomic mass is 35.5. The molecule has 1 aliphatic rings. The summed E-state index contributed by atoms with van der Waals surface area (Å²) in [7, 11) is -2.05. The monoisotopic (exact) mass is 394 g/mol. The van der Waals surface area contributed by atoms with Crippen molar-refractivity contribution in [3.05, 3.63) is 59.1 Å². The molecule has 0 radical (unpaired) electrons. The highest BCUT2D eigenvalue weighted by Crippen LogP contribution is 2.28. The van der Waals surface area contributed by atoms with E-state index in [9.17, 15) is 8.42 Å². The van der Waals surface area contributed by atoms with Crippen LogP contribution in [0.1, 0.15) is 24.4 Å². The molecule has 2 aromatic carbocycles. The molecule has 26 heavy (non-hydrogen) atoms. The summed E-state index contributed by atoms with van der Waals surface area (Å²) in [5.41, 5.74) is 1.04. The van der Waals surface area contributed by atoms with E-state index in [1.807, 2.05) is 24.3 Å². The number of ether oxygens (including phenoxy) is 1. The van der Waals surface area contributed by atoms with Crippen molar-refractivity contribution >= 4 is 21.6 Å². The molecule has 1 heterocycles. The van der Waals surface area contributed by atoms with Crippen molar-refractivity contribution in [2.45, 2.75) is 23.8 Å². The minimum absolute atomic E-state index is 0.0511. The molecule has 1 aliphatic heterocycles. The molecule has 0 aromatic heterocycles. The van der Waals surface area contributed by atoms with E-state index >= 15 is 0 Å². The fourth-order valence-corrected chi connectivity index (χ4v) is 4.84. The van der Waals surface area contributed by atoms with Crippen molar-refractivity contribution in [2.75, 3.05) is 26.7 Å². The largest absolute Gasteiger partial charge is 0.497 e. The van der Waals surface area contributed by atoms with E-state index in [2.05, 4.69) is 9.62 Å². The summed E-state index contributed by atoms with van der Waals surface area (Å²) in [5, 5.41) is 0.221. The lowest BCUT2D eigenvalue weighted by atomic mass is 10.1. The Morgan fingerprint density at radius 2 is 1.88 bits per heavy atom. The van der Waals surface area contributed by atoms with Gasteiger partial charge in [0.15, 0.2) is 0 Å². The van der Waals surface area contributed by atoms with Gasteiger partial charge in [-0.2, -0.15) is 0 Å². The molecule has 0 bridgehead atoms. The van der Waals surface area contributed by atoms with Gasteiger partial charge in [0.25, 0.3) is 0 Å². The smallest absolute Gasteiger partial charge is 0.242 e. The number of likely N-dealkylation sites (tertiary alicyclic amines) is 1. The highest BCUT2D eigenvalue weighted by Gasteiger charge is 2.26. The van der Waals surface area contributed by atoms with Gasteiger partial charge in [0.05, 0.1) is 12.1 Å². The molecule has 1 atom stereocenters. The second-order valence-corrected chi connectivity index (χ2v) is 8.46. The number of nitrogens with one attached hydrogen (secondary N) is 1. The van der Waals surface area contributed by atoms with Crippen LogP contribution in [0, 0.1) is 0 Å². The van der Waals surface area contributed by atoms with Crippen molar-refractivity contribution in [1.29, 1.82) is 0 Å². The lowest BCUT2D eigenvalue weighted by Gasteiger charge is -2.28. The van der Waals surface area contributed by atoms with Crippen LogP contribution in [0.25, 0.3) is 0 Å². The molecule has 1 saturated heterocycles. The third-order valence-corrected chi connectivity index (χ3v) is 6.58. The molecule has 0 aliphatic carbocycles. The van der Waals surface area contributed by atoms with E-state index in [0.29, 0.717) is 0 Å². The van der Waals surface area contributed by atoms with Crippen LogP contribution in [0.2, 0.25) is 5.02 Å². The highest BCUT2D eigenvalue weighted by molar-refractivity contribution is 7.89. The molecule has 3 rings (SSSR count). The maximum atomic E-state index is 12.7. The first-order valence-electron chi connectivity index (χ1n) is 8.63. The predicted molar refractivity (Wildman–Crippen MR) is 103 cm³/mol. The number of nitrogens with zero attached hydrogens (tertiary/aromatic N) is 1.